The Hall–Kier alpha value is -2.37. The van der Waals surface area contributed by atoms with Gasteiger partial charge in [-0.25, -0.2) is 4.68 Å². The minimum absolute atomic E-state index is 0.265. The monoisotopic (exact) mass is 245 g/mol. The molecule has 1 aromatic heterocycles. The molecule has 2 aromatic rings. The Morgan fingerprint density at radius 3 is 2.56 bits per heavy atom. The predicted octanol–water partition coefficient (Wildman–Crippen LogP) is 0.555. The lowest BCUT2D eigenvalue weighted by atomic mass is 10.2. The zero-order valence-electron chi connectivity index (χ0n) is 10.2. The summed E-state index contributed by atoms with van der Waals surface area (Å²) in [6.07, 6.45) is -1.28. The maximum absolute atomic E-state index is 11.1. The first kappa shape index (κ1) is 12.1. The minimum atomic E-state index is -1.28. The van der Waals surface area contributed by atoms with Crippen LogP contribution in [-0.4, -0.2) is 27.5 Å². The van der Waals surface area contributed by atoms with Gasteiger partial charge in [0.1, 0.15) is 5.82 Å². The van der Waals surface area contributed by atoms with Crippen molar-refractivity contribution < 1.29 is 9.90 Å². The molecule has 2 rings (SSSR count). The third-order valence-corrected chi connectivity index (χ3v) is 2.58. The van der Waals surface area contributed by atoms with Crippen molar-refractivity contribution in [2.45, 2.75) is 13.8 Å². The Bertz CT molecular complexity index is 550. The summed E-state index contributed by atoms with van der Waals surface area (Å²) in [7, 11) is 0. The number of nitrogens with zero attached hydrogens (tertiary/aromatic N) is 4. The number of carbonyl (C=O) groups is 1. The van der Waals surface area contributed by atoms with Gasteiger partial charge in [0.05, 0.1) is 0 Å². The van der Waals surface area contributed by atoms with E-state index in [2.05, 4.69) is 10.2 Å². The molecule has 0 aliphatic heterocycles. The standard InChI is InChI=1S/C12H14N4O2/c1-3-15(12(17)18)16-9(2)13-14-11(16)10-7-5-4-6-8-10/h4-8H,3H2,1-2H3,(H,17,18)/p-1. The van der Waals surface area contributed by atoms with Gasteiger partial charge >= 0.3 is 0 Å². The van der Waals surface area contributed by atoms with Crippen LogP contribution in [0.3, 0.4) is 0 Å². The molecule has 0 aliphatic carbocycles. The molecule has 6 heteroatoms. The van der Waals surface area contributed by atoms with Crippen molar-refractivity contribution in [2.75, 3.05) is 11.6 Å². The third kappa shape index (κ3) is 2.04. The van der Waals surface area contributed by atoms with Gasteiger partial charge in [0, 0.05) is 12.1 Å². The molecule has 1 heterocycles. The van der Waals surface area contributed by atoms with Crippen molar-refractivity contribution in [3.05, 3.63) is 36.2 Å². The van der Waals surface area contributed by atoms with Crippen LogP contribution in [0.25, 0.3) is 11.4 Å². The molecule has 0 atom stereocenters. The van der Waals surface area contributed by atoms with Crippen LogP contribution in [0.1, 0.15) is 12.7 Å². The third-order valence-electron chi connectivity index (χ3n) is 2.58. The van der Waals surface area contributed by atoms with Crippen molar-refractivity contribution in [2.24, 2.45) is 0 Å². The van der Waals surface area contributed by atoms with Gasteiger partial charge < -0.3 is 9.90 Å². The fourth-order valence-corrected chi connectivity index (χ4v) is 1.77. The van der Waals surface area contributed by atoms with Crippen molar-refractivity contribution in [1.29, 1.82) is 0 Å². The van der Waals surface area contributed by atoms with Gasteiger partial charge in [0.25, 0.3) is 0 Å². The van der Waals surface area contributed by atoms with E-state index in [9.17, 15) is 9.90 Å². The molecule has 0 aliphatic rings. The van der Waals surface area contributed by atoms with Crippen LogP contribution in [0.2, 0.25) is 0 Å². The van der Waals surface area contributed by atoms with Crippen LogP contribution < -0.4 is 10.1 Å². The van der Waals surface area contributed by atoms with Gasteiger partial charge in [-0.3, -0.25) is 5.01 Å². The minimum Gasteiger partial charge on any atom is -0.529 e. The fourth-order valence-electron chi connectivity index (χ4n) is 1.77. The molecule has 0 bridgehead atoms. The largest absolute Gasteiger partial charge is 0.529 e. The van der Waals surface area contributed by atoms with Crippen LogP contribution in [0, 0.1) is 6.92 Å². The van der Waals surface area contributed by atoms with Crippen molar-refractivity contribution in [3.8, 4) is 11.4 Å². The average Bonchev–Trinajstić information content (AvgIpc) is 2.74. The molecule has 0 N–H and O–H groups in total. The van der Waals surface area contributed by atoms with Gasteiger partial charge in [0.15, 0.2) is 11.9 Å². The molecule has 0 spiro atoms. The lowest BCUT2D eigenvalue weighted by Crippen LogP contribution is -2.48. The topological polar surface area (TPSA) is 74.1 Å². The summed E-state index contributed by atoms with van der Waals surface area (Å²) in [6, 6.07) is 9.30. The molecular formula is C12H13N4O2-. The first-order valence-electron chi connectivity index (χ1n) is 5.61. The molecule has 6 nitrogen and oxygen atoms in total. The number of benzene rings is 1. The van der Waals surface area contributed by atoms with Crippen LogP contribution in [0.4, 0.5) is 4.79 Å². The van der Waals surface area contributed by atoms with E-state index in [1.807, 2.05) is 30.3 Å². The summed E-state index contributed by atoms with van der Waals surface area (Å²) in [5.41, 5.74) is 0.804. The number of aromatic nitrogens is 3. The Kier molecular flexibility index (Phi) is 3.27. The van der Waals surface area contributed by atoms with E-state index >= 15 is 0 Å². The maximum atomic E-state index is 11.1. The Labute approximate surface area is 104 Å². The van der Waals surface area contributed by atoms with Gasteiger partial charge in [-0.1, -0.05) is 30.3 Å². The Morgan fingerprint density at radius 1 is 1.33 bits per heavy atom. The molecule has 0 fully saturated rings. The Morgan fingerprint density at radius 2 is 2.00 bits per heavy atom. The first-order chi connectivity index (χ1) is 8.65. The summed E-state index contributed by atoms with van der Waals surface area (Å²) in [4.78, 5) is 11.1. The van der Waals surface area contributed by atoms with E-state index in [1.165, 1.54) is 4.68 Å². The fraction of sp³-hybridized carbons (Fsp3) is 0.250. The summed E-state index contributed by atoms with van der Waals surface area (Å²) < 4.78 is 1.45. The zero-order valence-corrected chi connectivity index (χ0v) is 10.2. The molecule has 94 valence electrons. The van der Waals surface area contributed by atoms with E-state index in [1.54, 1.807) is 13.8 Å². The second-order valence-corrected chi connectivity index (χ2v) is 3.73. The molecule has 0 saturated heterocycles. The molecule has 0 radical (unpaired) electrons. The highest BCUT2D eigenvalue weighted by Crippen LogP contribution is 2.17. The number of hydrogen-bond donors (Lipinski definition) is 0. The number of rotatable bonds is 3. The molecule has 0 unspecified atom stereocenters. The lowest BCUT2D eigenvalue weighted by molar-refractivity contribution is -0.248. The van der Waals surface area contributed by atoms with Crippen molar-refractivity contribution in [1.82, 2.24) is 14.9 Å². The van der Waals surface area contributed by atoms with Crippen LogP contribution >= 0.6 is 0 Å². The van der Waals surface area contributed by atoms with Gasteiger partial charge in [0.2, 0.25) is 0 Å². The highest BCUT2D eigenvalue weighted by molar-refractivity contribution is 5.75. The molecule has 1 aromatic carbocycles. The number of hydrogen-bond acceptors (Lipinski definition) is 4. The lowest BCUT2D eigenvalue weighted by Gasteiger charge is -2.26. The molecular weight excluding hydrogens is 232 g/mol. The first-order valence-corrected chi connectivity index (χ1v) is 5.61. The molecule has 18 heavy (non-hydrogen) atoms. The van der Waals surface area contributed by atoms with E-state index in [4.69, 9.17) is 0 Å². The zero-order chi connectivity index (χ0) is 13.1. The van der Waals surface area contributed by atoms with E-state index in [0.29, 0.717) is 11.6 Å². The van der Waals surface area contributed by atoms with Crippen LogP contribution in [0.5, 0.6) is 0 Å². The molecule has 0 saturated carbocycles. The Balaban J connectivity index is 2.54. The summed E-state index contributed by atoms with van der Waals surface area (Å²) in [6.45, 7) is 3.69. The predicted molar refractivity (Wildman–Crippen MR) is 64.3 cm³/mol. The van der Waals surface area contributed by atoms with Crippen LogP contribution in [-0.2, 0) is 0 Å². The average molecular weight is 245 g/mol. The molecule has 1 amide bonds. The van der Waals surface area contributed by atoms with Crippen molar-refractivity contribution >= 4 is 6.09 Å². The van der Waals surface area contributed by atoms with Gasteiger partial charge in [-0.05, 0) is 13.8 Å². The smallest absolute Gasteiger partial charge is 0.183 e. The highest BCUT2D eigenvalue weighted by Gasteiger charge is 2.16. The second-order valence-electron chi connectivity index (χ2n) is 3.73. The SMILES string of the molecule is CCN(C(=O)[O-])n1c(C)nnc1-c1ccccc1. The summed E-state index contributed by atoms with van der Waals surface area (Å²) >= 11 is 0. The van der Waals surface area contributed by atoms with E-state index in [0.717, 1.165) is 10.6 Å². The van der Waals surface area contributed by atoms with Gasteiger partial charge in [-0.15, -0.1) is 10.2 Å². The highest BCUT2D eigenvalue weighted by atomic mass is 16.4. The normalized spacial score (nSPS) is 10.3. The van der Waals surface area contributed by atoms with Crippen molar-refractivity contribution in [3.63, 3.8) is 0 Å². The maximum Gasteiger partial charge on any atom is 0.183 e. The number of carbonyl (C=O) groups excluding carboxylic acids is 1. The quantitative estimate of drug-likeness (QED) is 0.791. The second kappa shape index (κ2) is 4.87. The van der Waals surface area contributed by atoms with Gasteiger partial charge in [-0.2, -0.15) is 0 Å². The number of aryl methyl sites for hydroxylation is 1. The summed E-state index contributed by atoms with van der Waals surface area (Å²) in [5.74, 6) is 0.985. The summed E-state index contributed by atoms with van der Waals surface area (Å²) in [5, 5.41) is 20.1. The van der Waals surface area contributed by atoms with E-state index < -0.39 is 6.09 Å². The number of carboxylic acid groups (broad SMARTS) is 1. The number of amides is 1. The van der Waals surface area contributed by atoms with E-state index in [-0.39, 0.29) is 6.54 Å². The van der Waals surface area contributed by atoms with Crippen LogP contribution in [0.15, 0.2) is 30.3 Å².